The van der Waals surface area contributed by atoms with Crippen molar-refractivity contribution in [1.82, 2.24) is 15.5 Å². The highest BCUT2D eigenvalue weighted by Crippen LogP contribution is 2.16. The van der Waals surface area contributed by atoms with Gasteiger partial charge < -0.3 is 21.3 Å². The molecule has 0 aromatic heterocycles. The van der Waals surface area contributed by atoms with Crippen LogP contribution in [0.4, 0.5) is 4.79 Å². The van der Waals surface area contributed by atoms with Gasteiger partial charge in [-0.25, -0.2) is 4.79 Å². The van der Waals surface area contributed by atoms with Crippen molar-refractivity contribution < 1.29 is 9.59 Å². The number of amides is 3. The number of nitrogens with zero attached hydrogens (tertiary/aromatic N) is 1. The number of carbonyl (C=O) groups is 2. The van der Waals surface area contributed by atoms with Gasteiger partial charge in [-0.3, -0.25) is 4.79 Å². The number of hydrogen-bond donors (Lipinski definition) is 3. The van der Waals surface area contributed by atoms with E-state index in [4.69, 9.17) is 5.73 Å². The molecule has 0 unspecified atom stereocenters. The first kappa shape index (κ1) is 13.8. The fraction of sp³-hybridized carbons (Fsp3) is 0.818. The maximum Gasteiger partial charge on any atom is 0.315 e. The van der Waals surface area contributed by atoms with Crippen molar-refractivity contribution >= 4 is 11.9 Å². The second-order valence-corrected chi connectivity index (χ2v) is 4.23. The van der Waals surface area contributed by atoms with Gasteiger partial charge in [-0.15, -0.1) is 0 Å². The predicted octanol–water partition coefficient (Wildman–Crippen LogP) is -0.355. The van der Waals surface area contributed by atoms with E-state index in [2.05, 4.69) is 17.6 Å². The number of primary amides is 1. The number of urea groups is 1. The zero-order valence-corrected chi connectivity index (χ0v) is 10.4. The van der Waals surface area contributed by atoms with Crippen molar-refractivity contribution in [2.75, 3.05) is 26.2 Å². The third-order valence-electron chi connectivity index (χ3n) is 2.87. The highest BCUT2D eigenvalue weighted by Gasteiger charge is 2.32. The van der Waals surface area contributed by atoms with Gasteiger partial charge in [0.15, 0.2) is 0 Å². The summed E-state index contributed by atoms with van der Waals surface area (Å²) in [6.07, 6.45) is 2.62. The van der Waals surface area contributed by atoms with Crippen LogP contribution in [-0.4, -0.2) is 49.1 Å². The van der Waals surface area contributed by atoms with E-state index in [0.29, 0.717) is 19.5 Å². The molecule has 0 bridgehead atoms. The van der Waals surface area contributed by atoms with Crippen molar-refractivity contribution in [3.63, 3.8) is 0 Å². The topological polar surface area (TPSA) is 87.5 Å². The van der Waals surface area contributed by atoms with Crippen LogP contribution in [0.15, 0.2) is 0 Å². The molecule has 0 radical (unpaired) electrons. The van der Waals surface area contributed by atoms with Crippen LogP contribution in [0, 0.1) is 0 Å². The molecule has 0 saturated carbocycles. The molecule has 1 saturated heterocycles. The summed E-state index contributed by atoms with van der Waals surface area (Å²) in [5.41, 5.74) is 5.21. The van der Waals surface area contributed by atoms with Crippen LogP contribution < -0.4 is 16.4 Å². The standard InChI is InChI=1S/C11H22N4O2/c1-2-5-13-6-7-14-10(16)9-4-3-8-15(9)11(12)17/h9,13H,2-8H2,1H3,(H2,12,17)(H,14,16)/t9-/m0/s1. The summed E-state index contributed by atoms with van der Waals surface area (Å²) >= 11 is 0. The van der Waals surface area contributed by atoms with E-state index >= 15 is 0 Å². The Kier molecular flexibility index (Phi) is 5.76. The molecule has 1 fully saturated rings. The van der Waals surface area contributed by atoms with E-state index in [9.17, 15) is 9.59 Å². The third-order valence-corrected chi connectivity index (χ3v) is 2.87. The number of nitrogens with two attached hydrogens (primary N) is 1. The number of hydrogen-bond acceptors (Lipinski definition) is 3. The Bertz CT molecular complexity index is 270. The fourth-order valence-electron chi connectivity index (χ4n) is 2.00. The lowest BCUT2D eigenvalue weighted by Gasteiger charge is -2.21. The average molecular weight is 242 g/mol. The summed E-state index contributed by atoms with van der Waals surface area (Å²) in [5.74, 6) is -0.0976. The zero-order valence-electron chi connectivity index (χ0n) is 10.4. The lowest BCUT2D eigenvalue weighted by atomic mass is 10.2. The molecule has 1 aliphatic heterocycles. The predicted molar refractivity (Wildman–Crippen MR) is 65.5 cm³/mol. The van der Waals surface area contributed by atoms with Crippen LogP contribution in [0.1, 0.15) is 26.2 Å². The number of rotatable bonds is 6. The van der Waals surface area contributed by atoms with Crippen LogP contribution in [0.25, 0.3) is 0 Å². The fourth-order valence-corrected chi connectivity index (χ4v) is 2.00. The quantitative estimate of drug-likeness (QED) is 0.556. The van der Waals surface area contributed by atoms with Crippen LogP contribution in [0.3, 0.4) is 0 Å². The molecule has 6 heteroatoms. The summed E-state index contributed by atoms with van der Waals surface area (Å²) in [4.78, 5) is 24.3. The van der Waals surface area contributed by atoms with Gasteiger partial charge in [-0.1, -0.05) is 6.92 Å². The molecule has 0 aromatic carbocycles. The maximum atomic E-state index is 11.8. The summed E-state index contributed by atoms with van der Waals surface area (Å²) in [6, 6.07) is -0.884. The van der Waals surface area contributed by atoms with Crippen LogP contribution in [0.5, 0.6) is 0 Å². The van der Waals surface area contributed by atoms with Gasteiger partial charge in [0.2, 0.25) is 5.91 Å². The highest BCUT2D eigenvalue weighted by atomic mass is 16.2. The monoisotopic (exact) mass is 242 g/mol. The minimum atomic E-state index is -0.508. The Morgan fingerprint density at radius 2 is 2.12 bits per heavy atom. The smallest absolute Gasteiger partial charge is 0.315 e. The summed E-state index contributed by atoms with van der Waals surface area (Å²) < 4.78 is 0. The van der Waals surface area contributed by atoms with Crippen molar-refractivity contribution in [1.29, 1.82) is 0 Å². The number of likely N-dealkylation sites (tertiary alicyclic amines) is 1. The van der Waals surface area contributed by atoms with Crippen LogP contribution in [0.2, 0.25) is 0 Å². The Balaban J connectivity index is 2.25. The van der Waals surface area contributed by atoms with Crippen molar-refractivity contribution in [2.24, 2.45) is 5.73 Å². The molecule has 17 heavy (non-hydrogen) atoms. The lowest BCUT2D eigenvalue weighted by molar-refractivity contribution is -0.124. The van der Waals surface area contributed by atoms with E-state index in [1.165, 1.54) is 4.90 Å². The summed E-state index contributed by atoms with van der Waals surface area (Å²) in [7, 11) is 0. The normalized spacial score (nSPS) is 19.4. The molecule has 1 atom stereocenters. The first-order valence-corrected chi connectivity index (χ1v) is 6.21. The van der Waals surface area contributed by atoms with Crippen molar-refractivity contribution in [3.8, 4) is 0 Å². The van der Waals surface area contributed by atoms with Gasteiger partial charge >= 0.3 is 6.03 Å². The maximum absolute atomic E-state index is 11.8. The molecule has 6 nitrogen and oxygen atoms in total. The van der Waals surface area contributed by atoms with Gasteiger partial charge in [0.1, 0.15) is 6.04 Å². The van der Waals surface area contributed by atoms with Crippen LogP contribution in [-0.2, 0) is 4.79 Å². The zero-order chi connectivity index (χ0) is 12.7. The van der Waals surface area contributed by atoms with Crippen molar-refractivity contribution in [3.05, 3.63) is 0 Å². The molecule has 1 heterocycles. The summed E-state index contributed by atoms with van der Waals surface area (Å²) in [5, 5.41) is 6.01. The minimum absolute atomic E-state index is 0.0976. The molecule has 0 spiro atoms. The third kappa shape index (κ3) is 4.22. The van der Waals surface area contributed by atoms with Gasteiger partial charge in [0.25, 0.3) is 0 Å². The molecule has 1 aliphatic rings. The van der Waals surface area contributed by atoms with Crippen molar-refractivity contribution in [2.45, 2.75) is 32.2 Å². The molecule has 3 amide bonds. The summed E-state index contributed by atoms with van der Waals surface area (Å²) in [6.45, 7) is 4.97. The van der Waals surface area contributed by atoms with E-state index in [1.54, 1.807) is 0 Å². The Hall–Kier alpha value is -1.30. The highest BCUT2D eigenvalue weighted by molar-refractivity contribution is 5.87. The van der Waals surface area contributed by atoms with Gasteiger partial charge in [0, 0.05) is 19.6 Å². The molecule has 0 aromatic rings. The first-order chi connectivity index (χ1) is 8.16. The molecular weight excluding hydrogens is 220 g/mol. The second-order valence-electron chi connectivity index (χ2n) is 4.23. The molecule has 1 rings (SSSR count). The van der Waals surface area contributed by atoms with E-state index in [-0.39, 0.29) is 11.9 Å². The van der Waals surface area contributed by atoms with E-state index in [0.717, 1.165) is 25.9 Å². The van der Waals surface area contributed by atoms with Gasteiger partial charge in [-0.2, -0.15) is 0 Å². The Morgan fingerprint density at radius 3 is 2.76 bits per heavy atom. The number of carbonyl (C=O) groups excluding carboxylic acids is 2. The largest absolute Gasteiger partial charge is 0.353 e. The SMILES string of the molecule is CCCNCCNC(=O)[C@@H]1CCCN1C(N)=O. The molecular formula is C11H22N4O2. The number of nitrogens with one attached hydrogen (secondary N) is 2. The van der Waals surface area contributed by atoms with E-state index < -0.39 is 6.03 Å². The van der Waals surface area contributed by atoms with Crippen LogP contribution >= 0.6 is 0 Å². The minimum Gasteiger partial charge on any atom is -0.353 e. The second kappa shape index (κ2) is 7.11. The van der Waals surface area contributed by atoms with Gasteiger partial charge in [0.05, 0.1) is 0 Å². The first-order valence-electron chi connectivity index (χ1n) is 6.21. The molecule has 0 aliphatic carbocycles. The molecule has 98 valence electrons. The Labute approximate surface area is 102 Å². The lowest BCUT2D eigenvalue weighted by Crippen LogP contribution is -2.48. The molecule has 4 N–H and O–H groups in total. The average Bonchev–Trinajstić information content (AvgIpc) is 2.77. The van der Waals surface area contributed by atoms with E-state index in [1.807, 2.05) is 0 Å². The Morgan fingerprint density at radius 1 is 1.35 bits per heavy atom. The van der Waals surface area contributed by atoms with Gasteiger partial charge in [-0.05, 0) is 25.8 Å².